The Morgan fingerprint density at radius 3 is 2.68 bits per heavy atom. The van der Waals surface area contributed by atoms with Gasteiger partial charge in [0.1, 0.15) is 17.3 Å². The third kappa shape index (κ3) is 2.62. The number of methoxy groups -OCH3 is 1. The summed E-state index contributed by atoms with van der Waals surface area (Å²) in [5, 5.41) is 0. The molecule has 22 heavy (non-hydrogen) atoms. The minimum absolute atomic E-state index is 0.0479. The SMILES string of the molecule is COc1ccc(C(=O)C2COc3cc(C)oc(=O)c3C2)cc1. The van der Waals surface area contributed by atoms with Crippen molar-refractivity contribution >= 4 is 5.78 Å². The Labute approximate surface area is 127 Å². The first-order chi connectivity index (χ1) is 10.6. The van der Waals surface area contributed by atoms with Gasteiger partial charge in [0.25, 0.3) is 0 Å². The average Bonchev–Trinajstić information content (AvgIpc) is 2.54. The summed E-state index contributed by atoms with van der Waals surface area (Å²) < 4.78 is 15.7. The number of hydrogen-bond acceptors (Lipinski definition) is 5. The van der Waals surface area contributed by atoms with Crippen LogP contribution >= 0.6 is 0 Å². The minimum Gasteiger partial charge on any atom is -0.497 e. The van der Waals surface area contributed by atoms with Crippen molar-refractivity contribution in [2.45, 2.75) is 13.3 Å². The second kappa shape index (κ2) is 5.67. The van der Waals surface area contributed by atoms with Crippen LogP contribution in [-0.2, 0) is 6.42 Å². The predicted octanol–water partition coefficient (Wildman–Crippen LogP) is 2.39. The van der Waals surface area contributed by atoms with Crippen LogP contribution in [0.15, 0.2) is 39.5 Å². The molecule has 0 saturated carbocycles. The van der Waals surface area contributed by atoms with Crippen molar-refractivity contribution in [3.8, 4) is 11.5 Å². The number of carbonyl (C=O) groups excluding carboxylic acids is 1. The third-order valence-corrected chi connectivity index (χ3v) is 3.77. The van der Waals surface area contributed by atoms with Gasteiger partial charge in [-0.3, -0.25) is 4.79 Å². The maximum Gasteiger partial charge on any atom is 0.342 e. The van der Waals surface area contributed by atoms with Gasteiger partial charge in [0.2, 0.25) is 0 Å². The molecule has 0 amide bonds. The Hall–Kier alpha value is -2.56. The van der Waals surface area contributed by atoms with E-state index >= 15 is 0 Å². The van der Waals surface area contributed by atoms with Crippen LogP contribution in [0, 0.1) is 12.8 Å². The molecular formula is C17H16O5. The van der Waals surface area contributed by atoms with Crippen molar-refractivity contribution in [2.24, 2.45) is 5.92 Å². The normalized spacial score (nSPS) is 16.5. The molecule has 0 N–H and O–H groups in total. The summed E-state index contributed by atoms with van der Waals surface area (Å²) in [5.41, 5.74) is 0.584. The Bertz CT molecular complexity index is 758. The molecular weight excluding hydrogens is 284 g/mol. The van der Waals surface area contributed by atoms with Crippen molar-refractivity contribution in [3.05, 3.63) is 57.6 Å². The molecule has 114 valence electrons. The van der Waals surface area contributed by atoms with Crippen molar-refractivity contribution < 1.29 is 18.7 Å². The number of hydrogen-bond donors (Lipinski definition) is 0. The largest absolute Gasteiger partial charge is 0.497 e. The van der Waals surface area contributed by atoms with Crippen LogP contribution in [0.25, 0.3) is 0 Å². The maximum atomic E-state index is 12.5. The Balaban J connectivity index is 1.84. The first-order valence-corrected chi connectivity index (χ1v) is 7.03. The number of ether oxygens (including phenoxy) is 2. The Kier molecular flexibility index (Phi) is 3.71. The lowest BCUT2D eigenvalue weighted by Gasteiger charge is -2.23. The van der Waals surface area contributed by atoms with E-state index < -0.39 is 5.63 Å². The number of carbonyl (C=O) groups is 1. The molecule has 1 aliphatic heterocycles. The number of aryl methyl sites for hydroxylation is 1. The molecule has 5 nitrogen and oxygen atoms in total. The predicted molar refractivity (Wildman–Crippen MR) is 79.7 cm³/mol. The molecule has 5 heteroatoms. The van der Waals surface area contributed by atoms with Gasteiger partial charge in [-0.2, -0.15) is 0 Å². The first-order valence-electron chi connectivity index (χ1n) is 7.03. The third-order valence-electron chi connectivity index (χ3n) is 3.77. The molecule has 3 rings (SSSR count). The van der Waals surface area contributed by atoms with E-state index in [0.29, 0.717) is 34.8 Å². The molecule has 1 unspecified atom stereocenters. The lowest BCUT2D eigenvalue weighted by atomic mass is 9.90. The highest BCUT2D eigenvalue weighted by Gasteiger charge is 2.29. The monoisotopic (exact) mass is 300 g/mol. The van der Waals surface area contributed by atoms with Crippen LogP contribution in [0.5, 0.6) is 11.5 Å². The fraction of sp³-hybridized carbons (Fsp3) is 0.294. The first kappa shape index (κ1) is 14.4. The van der Waals surface area contributed by atoms with E-state index in [2.05, 4.69) is 0 Å². The van der Waals surface area contributed by atoms with Crippen LogP contribution < -0.4 is 15.1 Å². The highest BCUT2D eigenvalue weighted by molar-refractivity contribution is 5.98. The zero-order valence-corrected chi connectivity index (χ0v) is 12.4. The molecule has 0 fully saturated rings. The van der Waals surface area contributed by atoms with E-state index in [0.717, 1.165) is 0 Å². The van der Waals surface area contributed by atoms with Crippen LogP contribution in [0.4, 0.5) is 0 Å². The number of benzene rings is 1. The lowest BCUT2D eigenvalue weighted by Crippen LogP contribution is -2.31. The summed E-state index contributed by atoms with van der Waals surface area (Å²) >= 11 is 0. The highest BCUT2D eigenvalue weighted by atomic mass is 16.5. The summed E-state index contributed by atoms with van der Waals surface area (Å²) in [6, 6.07) is 8.60. The van der Waals surface area contributed by atoms with Gasteiger partial charge in [0, 0.05) is 11.6 Å². The van der Waals surface area contributed by atoms with Crippen LogP contribution in [0.1, 0.15) is 21.7 Å². The number of rotatable bonds is 3. The van der Waals surface area contributed by atoms with Gasteiger partial charge >= 0.3 is 5.63 Å². The molecule has 1 aliphatic rings. The number of Topliss-reactive ketones (excluding diaryl/α,β-unsaturated/α-hetero) is 1. The van der Waals surface area contributed by atoms with E-state index in [4.69, 9.17) is 13.9 Å². The van der Waals surface area contributed by atoms with Gasteiger partial charge in [0.05, 0.1) is 25.2 Å². The van der Waals surface area contributed by atoms with Crippen LogP contribution in [-0.4, -0.2) is 19.5 Å². The zero-order chi connectivity index (χ0) is 15.7. The zero-order valence-electron chi connectivity index (χ0n) is 12.4. The minimum atomic E-state index is -0.428. The van der Waals surface area contributed by atoms with E-state index in [1.165, 1.54) is 0 Å². The fourth-order valence-corrected chi connectivity index (χ4v) is 2.58. The van der Waals surface area contributed by atoms with E-state index in [9.17, 15) is 9.59 Å². The van der Waals surface area contributed by atoms with Crippen molar-refractivity contribution in [2.75, 3.05) is 13.7 Å². The summed E-state index contributed by atoms with van der Waals surface area (Å²) in [5.74, 6) is 1.29. The Morgan fingerprint density at radius 1 is 1.27 bits per heavy atom. The second-order valence-corrected chi connectivity index (χ2v) is 5.29. The van der Waals surface area contributed by atoms with E-state index in [-0.39, 0.29) is 18.3 Å². The molecule has 1 aromatic carbocycles. The standard InChI is InChI=1S/C17H16O5/c1-10-7-15-14(17(19)22-10)8-12(9-21-15)16(18)11-3-5-13(20-2)6-4-11/h3-7,12H,8-9H2,1-2H3. The molecule has 2 heterocycles. The number of fused-ring (bicyclic) bond motifs is 1. The number of ketones is 1. The molecule has 0 aliphatic carbocycles. The van der Waals surface area contributed by atoms with Gasteiger partial charge in [0.15, 0.2) is 5.78 Å². The smallest absolute Gasteiger partial charge is 0.342 e. The van der Waals surface area contributed by atoms with Crippen molar-refractivity contribution in [1.82, 2.24) is 0 Å². The summed E-state index contributed by atoms with van der Waals surface area (Å²) in [6.07, 6.45) is 0.336. The van der Waals surface area contributed by atoms with Crippen molar-refractivity contribution in [3.63, 3.8) is 0 Å². The van der Waals surface area contributed by atoms with Gasteiger partial charge in [-0.1, -0.05) is 0 Å². The summed E-state index contributed by atoms with van der Waals surface area (Å²) in [6.45, 7) is 1.96. The second-order valence-electron chi connectivity index (χ2n) is 5.29. The molecule has 2 aromatic rings. The summed E-state index contributed by atoms with van der Waals surface area (Å²) in [4.78, 5) is 24.4. The molecule has 0 saturated heterocycles. The average molecular weight is 300 g/mol. The highest BCUT2D eigenvalue weighted by Crippen LogP contribution is 2.27. The molecule has 0 radical (unpaired) electrons. The molecule has 1 aromatic heterocycles. The van der Waals surface area contributed by atoms with E-state index in [1.54, 1.807) is 44.4 Å². The quantitative estimate of drug-likeness (QED) is 0.814. The van der Waals surface area contributed by atoms with Crippen LogP contribution in [0.3, 0.4) is 0 Å². The molecule has 0 bridgehead atoms. The molecule has 0 spiro atoms. The van der Waals surface area contributed by atoms with Crippen molar-refractivity contribution in [1.29, 1.82) is 0 Å². The maximum absolute atomic E-state index is 12.5. The van der Waals surface area contributed by atoms with Gasteiger partial charge in [-0.15, -0.1) is 0 Å². The van der Waals surface area contributed by atoms with E-state index in [1.807, 2.05) is 0 Å². The molecule has 1 atom stereocenters. The van der Waals surface area contributed by atoms with Crippen LogP contribution in [0.2, 0.25) is 0 Å². The van der Waals surface area contributed by atoms with Gasteiger partial charge in [-0.05, 0) is 37.6 Å². The topological polar surface area (TPSA) is 65.7 Å². The Morgan fingerprint density at radius 2 is 2.00 bits per heavy atom. The summed E-state index contributed by atoms with van der Waals surface area (Å²) in [7, 11) is 1.57. The fourth-order valence-electron chi connectivity index (χ4n) is 2.58. The van der Waals surface area contributed by atoms with Gasteiger partial charge in [-0.25, -0.2) is 4.79 Å². The van der Waals surface area contributed by atoms with Gasteiger partial charge < -0.3 is 13.9 Å². The lowest BCUT2D eigenvalue weighted by molar-refractivity contribution is 0.0852.